The Morgan fingerprint density at radius 3 is 3.27 bits per heavy atom. The lowest BCUT2D eigenvalue weighted by Crippen LogP contribution is -2.33. The third-order valence-electron chi connectivity index (χ3n) is 2.49. The van der Waals surface area contributed by atoms with E-state index in [-0.39, 0.29) is 0 Å². The summed E-state index contributed by atoms with van der Waals surface area (Å²) in [6.45, 7) is 2.95. The van der Waals surface area contributed by atoms with Crippen molar-refractivity contribution in [3.05, 3.63) is 16.1 Å². The highest BCUT2D eigenvalue weighted by atomic mass is 127. The van der Waals surface area contributed by atoms with E-state index in [4.69, 9.17) is 4.74 Å². The first-order chi connectivity index (χ1) is 7.36. The molecule has 1 aliphatic heterocycles. The molecule has 0 spiro atoms. The van der Waals surface area contributed by atoms with Crippen LogP contribution in [0.3, 0.4) is 0 Å². The van der Waals surface area contributed by atoms with E-state index in [0.717, 1.165) is 23.3 Å². The van der Waals surface area contributed by atoms with E-state index in [1.807, 2.05) is 0 Å². The molecule has 15 heavy (non-hydrogen) atoms. The van der Waals surface area contributed by atoms with Crippen molar-refractivity contribution in [2.45, 2.75) is 12.8 Å². The van der Waals surface area contributed by atoms with E-state index < -0.39 is 0 Å². The van der Waals surface area contributed by atoms with Crippen molar-refractivity contribution in [3.63, 3.8) is 0 Å². The van der Waals surface area contributed by atoms with Crippen LogP contribution in [0.1, 0.15) is 12.8 Å². The van der Waals surface area contributed by atoms with Crippen LogP contribution in [0.5, 0.6) is 5.88 Å². The molecular formula is C10H14IN3O. The number of nitrogens with one attached hydrogen (secondary N) is 1. The van der Waals surface area contributed by atoms with Crippen LogP contribution in [-0.2, 0) is 0 Å². The average Bonchev–Trinajstić information content (AvgIpc) is 2.29. The fraction of sp³-hybridized carbons (Fsp3) is 0.600. The van der Waals surface area contributed by atoms with E-state index in [2.05, 4.69) is 37.9 Å². The number of hydrogen-bond acceptors (Lipinski definition) is 4. The standard InChI is InChI=1S/C10H14IN3O/c11-9-5-13-7-14-10(9)15-6-8-2-1-3-12-4-8/h5,7-8,12H,1-4,6H2. The summed E-state index contributed by atoms with van der Waals surface area (Å²) in [7, 11) is 0. The second-order valence-corrected chi connectivity index (χ2v) is 4.86. The second-order valence-electron chi connectivity index (χ2n) is 3.70. The minimum absolute atomic E-state index is 0.615. The van der Waals surface area contributed by atoms with Gasteiger partial charge in [0.2, 0.25) is 5.88 Å². The highest BCUT2D eigenvalue weighted by Gasteiger charge is 2.14. The second kappa shape index (κ2) is 5.60. The summed E-state index contributed by atoms with van der Waals surface area (Å²) in [6, 6.07) is 0. The molecule has 1 atom stereocenters. The molecule has 5 heteroatoms. The number of rotatable bonds is 3. The van der Waals surface area contributed by atoms with Crippen molar-refractivity contribution in [1.29, 1.82) is 0 Å². The molecule has 0 bridgehead atoms. The van der Waals surface area contributed by atoms with Crippen LogP contribution < -0.4 is 10.1 Å². The van der Waals surface area contributed by atoms with Gasteiger partial charge in [-0.2, -0.15) is 0 Å². The number of aromatic nitrogens is 2. The Labute approximate surface area is 103 Å². The normalized spacial score (nSPS) is 21.3. The first-order valence-electron chi connectivity index (χ1n) is 5.15. The smallest absolute Gasteiger partial charge is 0.230 e. The molecular weight excluding hydrogens is 305 g/mol. The first kappa shape index (κ1) is 11.1. The van der Waals surface area contributed by atoms with Crippen LogP contribution in [0.15, 0.2) is 12.5 Å². The van der Waals surface area contributed by atoms with Gasteiger partial charge in [0, 0.05) is 18.7 Å². The van der Waals surface area contributed by atoms with E-state index in [1.54, 1.807) is 6.20 Å². The fourth-order valence-electron chi connectivity index (χ4n) is 1.67. The van der Waals surface area contributed by atoms with Gasteiger partial charge in [0.1, 0.15) is 6.33 Å². The minimum Gasteiger partial charge on any atom is -0.476 e. The molecule has 4 nitrogen and oxygen atoms in total. The maximum atomic E-state index is 5.68. The Bertz CT molecular complexity index is 315. The monoisotopic (exact) mass is 319 g/mol. The summed E-state index contributed by atoms with van der Waals surface area (Å²) in [5, 5.41) is 3.37. The lowest BCUT2D eigenvalue weighted by Gasteiger charge is -2.22. The molecule has 1 N–H and O–H groups in total. The summed E-state index contributed by atoms with van der Waals surface area (Å²) < 4.78 is 6.65. The Morgan fingerprint density at radius 1 is 1.60 bits per heavy atom. The van der Waals surface area contributed by atoms with Gasteiger partial charge in [-0.3, -0.25) is 0 Å². The Balaban J connectivity index is 1.84. The zero-order valence-corrected chi connectivity index (χ0v) is 10.6. The predicted molar refractivity (Wildman–Crippen MR) is 65.8 cm³/mol. The number of piperidine rings is 1. The summed E-state index contributed by atoms with van der Waals surface area (Å²) in [4.78, 5) is 8.03. The summed E-state index contributed by atoms with van der Waals surface area (Å²) >= 11 is 2.19. The van der Waals surface area contributed by atoms with Crippen LogP contribution in [-0.4, -0.2) is 29.7 Å². The molecule has 0 aliphatic carbocycles. The van der Waals surface area contributed by atoms with Gasteiger partial charge >= 0.3 is 0 Å². The molecule has 0 aromatic carbocycles. The maximum Gasteiger partial charge on any atom is 0.230 e. The summed E-state index contributed by atoms with van der Waals surface area (Å²) in [5.41, 5.74) is 0. The van der Waals surface area contributed by atoms with Gasteiger partial charge in [0.15, 0.2) is 0 Å². The largest absolute Gasteiger partial charge is 0.476 e. The van der Waals surface area contributed by atoms with E-state index >= 15 is 0 Å². The molecule has 1 saturated heterocycles. The van der Waals surface area contributed by atoms with Gasteiger partial charge < -0.3 is 10.1 Å². The molecule has 0 radical (unpaired) electrons. The van der Waals surface area contributed by atoms with Crippen LogP contribution in [0, 0.1) is 9.49 Å². The SMILES string of the molecule is Ic1cncnc1OCC1CCCNC1. The van der Waals surface area contributed by atoms with Gasteiger partial charge in [-0.1, -0.05) is 0 Å². The van der Waals surface area contributed by atoms with Gasteiger partial charge in [-0.05, 0) is 42.0 Å². The van der Waals surface area contributed by atoms with Gasteiger partial charge in [-0.15, -0.1) is 0 Å². The molecule has 1 aromatic heterocycles. The zero-order valence-electron chi connectivity index (χ0n) is 8.45. The number of hydrogen-bond donors (Lipinski definition) is 1. The first-order valence-corrected chi connectivity index (χ1v) is 6.23. The highest BCUT2D eigenvalue weighted by Crippen LogP contribution is 2.17. The Morgan fingerprint density at radius 2 is 2.53 bits per heavy atom. The molecule has 1 unspecified atom stereocenters. The third kappa shape index (κ3) is 3.27. The van der Waals surface area contributed by atoms with Crippen LogP contribution in [0.25, 0.3) is 0 Å². The van der Waals surface area contributed by atoms with Gasteiger partial charge in [0.05, 0.1) is 10.2 Å². The number of halogens is 1. The Hall–Kier alpha value is -0.430. The Kier molecular flexibility index (Phi) is 4.13. The van der Waals surface area contributed by atoms with Crippen molar-refractivity contribution >= 4 is 22.6 Å². The molecule has 1 aliphatic rings. The maximum absolute atomic E-state index is 5.68. The van der Waals surface area contributed by atoms with Gasteiger partial charge in [-0.25, -0.2) is 9.97 Å². The van der Waals surface area contributed by atoms with E-state index in [0.29, 0.717) is 11.8 Å². The molecule has 2 rings (SSSR count). The lowest BCUT2D eigenvalue weighted by atomic mass is 10.0. The van der Waals surface area contributed by atoms with Crippen molar-refractivity contribution in [1.82, 2.24) is 15.3 Å². The highest BCUT2D eigenvalue weighted by molar-refractivity contribution is 14.1. The molecule has 1 fully saturated rings. The fourth-order valence-corrected chi connectivity index (χ4v) is 2.13. The molecule has 82 valence electrons. The molecule has 1 aromatic rings. The van der Waals surface area contributed by atoms with Crippen molar-refractivity contribution in [2.75, 3.05) is 19.7 Å². The van der Waals surface area contributed by atoms with Crippen LogP contribution in [0.4, 0.5) is 0 Å². The van der Waals surface area contributed by atoms with Gasteiger partial charge in [0.25, 0.3) is 0 Å². The van der Waals surface area contributed by atoms with Crippen molar-refractivity contribution in [2.24, 2.45) is 5.92 Å². The van der Waals surface area contributed by atoms with Crippen molar-refractivity contribution in [3.8, 4) is 5.88 Å². The van der Waals surface area contributed by atoms with Crippen LogP contribution >= 0.6 is 22.6 Å². The average molecular weight is 319 g/mol. The predicted octanol–water partition coefficient (Wildman–Crippen LogP) is 1.46. The van der Waals surface area contributed by atoms with Crippen molar-refractivity contribution < 1.29 is 4.74 Å². The summed E-state index contributed by atoms with van der Waals surface area (Å²) in [6.07, 6.45) is 5.78. The minimum atomic E-state index is 0.615. The van der Waals surface area contributed by atoms with Crippen LogP contribution in [0.2, 0.25) is 0 Å². The summed E-state index contributed by atoms with van der Waals surface area (Å²) in [5.74, 6) is 1.32. The number of nitrogens with zero attached hydrogens (tertiary/aromatic N) is 2. The van der Waals surface area contributed by atoms with E-state index in [1.165, 1.54) is 19.2 Å². The topological polar surface area (TPSA) is 47.0 Å². The number of ether oxygens (including phenoxy) is 1. The van der Waals surface area contributed by atoms with E-state index in [9.17, 15) is 0 Å². The molecule has 0 saturated carbocycles. The molecule has 2 heterocycles. The zero-order chi connectivity index (χ0) is 10.5. The lowest BCUT2D eigenvalue weighted by molar-refractivity contribution is 0.210. The quantitative estimate of drug-likeness (QED) is 0.857. The third-order valence-corrected chi connectivity index (χ3v) is 3.23. The molecule has 0 amide bonds.